The Balaban J connectivity index is 5.30. The molecule has 0 heterocycles. The molecule has 0 aromatic rings. The second-order valence-electron chi connectivity index (χ2n) is 17.8. The highest BCUT2D eigenvalue weighted by molar-refractivity contribution is 7.90. The molecule has 72 heavy (non-hydrogen) atoms. The fourth-order valence-corrected chi connectivity index (χ4v) is 8.41. The summed E-state index contributed by atoms with van der Waals surface area (Å²) in [5, 5.41) is 58.1. The van der Waals surface area contributed by atoms with Gasteiger partial charge in [-0.2, -0.15) is 0 Å². The number of amides is 8. The number of nitrogens with one attached hydrogen (secondary N) is 10. The van der Waals surface area contributed by atoms with Crippen LogP contribution in [-0.4, -0.2) is 152 Å². The Morgan fingerprint density at radius 1 is 0.542 bits per heavy atom. The van der Waals surface area contributed by atoms with E-state index >= 15 is 0 Å². The summed E-state index contributed by atoms with van der Waals surface area (Å²) < 4.78 is 26.9. The van der Waals surface area contributed by atoms with E-state index in [0.29, 0.717) is 12.8 Å². The van der Waals surface area contributed by atoms with Gasteiger partial charge in [0.15, 0.2) is 5.96 Å². The van der Waals surface area contributed by atoms with E-state index in [-0.39, 0.29) is 57.5 Å². The largest absolute Gasteiger partial charge is 0.394 e. The summed E-state index contributed by atoms with van der Waals surface area (Å²) in [5.74, 6) is -7.34. The number of carbonyl (C=O) groups excluding carboxylic acids is 8. The minimum absolute atomic E-state index is 0.0603. The molecular weight excluding hydrogens is 961 g/mol. The molecule has 0 aromatic carbocycles. The average Bonchev–Trinajstić information content (AvgIpc) is 3.33. The molecule has 0 aromatic heterocycles. The minimum Gasteiger partial charge on any atom is -0.394 e. The SMILES string of the molecule is CCCCCCCCCCCCCCCC(=O)NS(=O)(=O)CCCC(=O)NCC(=O)N[C@@H](CO)C(=O)N[C@@H](CCC(N)=O)[C@H](O)N[C@@H](CCCNC(=N)N)C(=O)N[C@@H](CO)C(=O)N[C@@H](CCCC)C(=O)NC. The Bertz CT molecular complexity index is 1760. The molecular formula is C46H88N12O13S. The molecule has 0 bridgehead atoms. The Hall–Kier alpha value is -5.18. The van der Waals surface area contributed by atoms with Gasteiger partial charge in [-0.05, 0) is 38.5 Å². The number of likely N-dealkylation sites (N-methyl/N-ethyl adjacent to an activating group) is 1. The summed E-state index contributed by atoms with van der Waals surface area (Å²) in [6, 6.07) is -6.95. The van der Waals surface area contributed by atoms with Crippen LogP contribution in [0.5, 0.6) is 0 Å². The summed E-state index contributed by atoms with van der Waals surface area (Å²) in [5.41, 5.74) is 10.7. The van der Waals surface area contributed by atoms with Crippen molar-refractivity contribution in [2.75, 3.05) is 39.1 Å². The summed E-state index contributed by atoms with van der Waals surface area (Å²) in [6.45, 7) is 1.64. The molecule has 416 valence electrons. The molecule has 0 rings (SSSR count). The van der Waals surface area contributed by atoms with Gasteiger partial charge in [0.05, 0.1) is 37.6 Å². The van der Waals surface area contributed by atoms with Gasteiger partial charge in [0.25, 0.3) is 0 Å². The van der Waals surface area contributed by atoms with E-state index in [1.54, 1.807) is 0 Å². The first-order valence-electron chi connectivity index (χ1n) is 25.5. The fraction of sp³-hybridized carbons (Fsp3) is 0.804. The number of nitrogens with two attached hydrogens (primary N) is 2. The predicted octanol–water partition coefficient (Wildman–Crippen LogP) is -1.52. The van der Waals surface area contributed by atoms with Gasteiger partial charge in [-0.25, -0.2) is 8.42 Å². The highest BCUT2D eigenvalue weighted by Crippen LogP contribution is 2.13. The molecule has 0 radical (unpaired) electrons. The van der Waals surface area contributed by atoms with Gasteiger partial charge in [-0.1, -0.05) is 104 Å². The van der Waals surface area contributed by atoms with Crippen molar-refractivity contribution in [1.82, 2.24) is 47.3 Å². The molecule has 0 spiro atoms. The van der Waals surface area contributed by atoms with Crippen LogP contribution in [0.2, 0.25) is 0 Å². The van der Waals surface area contributed by atoms with Crippen molar-refractivity contribution in [3.8, 4) is 0 Å². The molecule has 6 atom stereocenters. The zero-order valence-corrected chi connectivity index (χ0v) is 43.6. The third-order valence-corrected chi connectivity index (χ3v) is 12.9. The van der Waals surface area contributed by atoms with Crippen LogP contribution in [0.3, 0.4) is 0 Å². The van der Waals surface area contributed by atoms with Gasteiger partial charge in [0, 0.05) is 32.9 Å². The number of rotatable bonds is 44. The van der Waals surface area contributed by atoms with Gasteiger partial charge >= 0.3 is 0 Å². The monoisotopic (exact) mass is 1050 g/mol. The minimum atomic E-state index is -4.02. The van der Waals surface area contributed by atoms with Gasteiger partial charge < -0.3 is 64.0 Å². The van der Waals surface area contributed by atoms with E-state index in [9.17, 15) is 62.1 Å². The maximum absolute atomic E-state index is 13.6. The topological polar surface area (TPSA) is 416 Å². The van der Waals surface area contributed by atoms with Crippen LogP contribution in [0, 0.1) is 5.41 Å². The van der Waals surface area contributed by atoms with E-state index in [1.807, 2.05) is 11.6 Å². The number of carbonyl (C=O) groups is 8. The number of guanidine groups is 1. The number of hydrogen-bond donors (Lipinski definition) is 15. The summed E-state index contributed by atoms with van der Waals surface area (Å²) in [6.07, 6.45) is 13.3. The normalized spacial score (nSPS) is 13.8. The first-order chi connectivity index (χ1) is 34.2. The van der Waals surface area contributed by atoms with Crippen molar-refractivity contribution < 1.29 is 62.1 Å². The Labute approximate surface area is 425 Å². The Kier molecular flexibility index (Phi) is 37.4. The number of sulfonamides is 1. The molecule has 26 heteroatoms. The van der Waals surface area contributed by atoms with E-state index in [4.69, 9.17) is 16.9 Å². The van der Waals surface area contributed by atoms with E-state index < -0.39 is 126 Å². The van der Waals surface area contributed by atoms with Crippen LogP contribution >= 0.6 is 0 Å². The van der Waals surface area contributed by atoms with Crippen molar-refractivity contribution in [3.63, 3.8) is 0 Å². The van der Waals surface area contributed by atoms with Crippen molar-refractivity contribution in [1.29, 1.82) is 5.41 Å². The van der Waals surface area contributed by atoms with Crippen LogP contribution in [0.15, 0.2) is 0 Å². The Morgan fingerprint density at radius 2 is 1.04 bits per heavy atom. The zero-order valence-electron chi connectivity index (χ0n) is 42.8. The number of aliphatic hydroxyl groups excluding tert-OH is 3. The van der Waals surface area contributed by atoms with Crippen LogP contribution in [0.1, 0.15) is 162 Å². The quantitative estimate of drug-likeness (QED) is 0.0143. The first-order valence-corrected chi connectivity index (χ1v) is 27.1. The van der Waals surface area contributed by atoms with E-state index in [2.05, 4.69) is 49.5 Å². The van der Waals surface area contributed by atoms with Crippen molar-refractivity contribution in [2.24, 2.45) is 11.5 Å². The van der Waals surface area contributed by atoms with Crippen LogP contribution in [-0.2, 0) is 48.4 Å². The van der Waals surface area contributed by atoms with Gasteiger partial charge in [-0.15, -0.1) is 0 Å². The number of unbranched alkanes of at least 4 members (excludes halogenated alkanes) is 13. The number of primary amides is 1. The van der Waals surface area contributed by atoms with Crippen molar-refractivity contribution >= 4 is 63.2 Å². The maximum atomic E-state index is 13.6. The molecule has 0 saturated carbocycles. The van der Waals surface area contributed by atoms with Crippen LogP contribution in [0.25, 0.3) is 0 Å². The summed E-state index contributed by atoms with van der Waals surface area (Å²) >= 11 is 0. The lowest BCUT2D eigenvalue weighted by atomic mass is 10.0. The van der Waals surface area contributed by atoms with Crippen molar-refractivity contribution in [2.45, 2.75) is 198 Å². The van der Waals surface area contributed by atoms with Crippen molar-refractivity contribution in [3.05, 3.63) is 0 Å². The Morgan fingerprint density at radius 3 is 1.58 bits per heavy atom. The van der Waals surface area contributed by atoms with Gasteiger partial charge in [0.2, 0.25) is 57.3 Å². The zero-order chi connectivity index (χ0) is 54.3. The lowest BCUT2D eigenvalue weighted by Crippen LogP contribution is -2.61. The third kappa shape index (κ3) is 33.5. The van der Waals surface area contributed by atoms with Gasteiger partial charge in [-0.3, -0.25) is 53.8 Å². The smallest absolute Gasteiger partial charge is 0.245 e. The van der Waals surface area contributed by atoms with Crippen LogP contribution in [0.4, 0.5) is 0 Å². The van der Waals surface area contributed by atoms with E-state index in [1.165, 1.54) is 58.4 Å². The molecule has 0 saturated heterocycles. The molecule has 0 aliphatic rings. The predicted molar refractivity (Wildman–Crippen MR) is 270 cm³/mol. The molecule has 0 unspecified atom stereocenters. The lowest BCUT2D eigenvalue weighted by Gasteiger charge is -2.30. The van der Waals surface area contributed by atoms with E-state index in [0.717, 1.165) is 32.1 Å². The highest BCUT2D eigenvalue weighted by Gasteiger charge is 2.32. The second kappa shape index (κ2) is 40.3. The average molecular weight is 1050 g/mol. The molecule has 8 amide bonds. The summed E-state index contributed by atoms with van der Waals surface area (Å²) in [4.78, 5) is 102. The molecule has 0 aliphatic heterocycles. The van der Waals surface area contributed by atoms with Gasteiger partial charge in [0.1, 0.15) is 24.4 Å². The number of aliphatic hydroxyl groups is 3. The molecule has 0 fully saturated rings. The molecule has 17 N–H and O–H groups in total. The second-order valence-corrected chi connectivity index (χ2v) is 19.7. The standard InChI is InChI=1S/C46H88N12O13S/c1-4-6-8-9-10-11-12-13-14-15-16-17-18-23-39(63)58-72(70,71)28-20-24-38(62)52-29-40(64)53-35(30-59)44(68)56-34(25-26-37(47)61)43(67)55-33(22-19-27-51-46(48)49)42(66)57-36(31-60)45(69)54-32(21-7-5-2)41(65)50-3/h32-36,43,55,59-60,67H,4-31H2,1-3H3,(H2,47,61)(H,50,65)(H,52,62)(H,53,64)(H,54,69)(H,56,68)(H,57,66)(H,58,63)(H4,48,49,51)/t32-,33-,34-,35-,36-,43-/m0/s1. The molecule has 0 aliphatic carbocycles. The summed E-state index contributed by atoms with van der Waals surface area (Å²) in [7, 11) is -2.63. The fourth-order valence-electron chi connectivity index (χ4n) is 7.33. The highest BCUT2D eigenvalue weighted by atomic mass is 32.2. The number of hydrogen-bond acceptors (Lipinski definition) is 15. The first kappa shape index (κ1) is 66.8. The van der Waals surface area contributed by atoms with Crippen LogP contribution < -0.4 is 58.7 Å². The molecule has 25 nitrogen and oxygen atoms in total. The lowest BCUT2D eigenvalue weighted by molar-refractivity contribution is -0.134. The third-order valence-electron chi connectivity index (χ3n) is 11.5. The maximum Gasteiger partial charge on any atom is 0.245 e.